The van der Waals surface area contributed by atoms with Crippen LogP contribution >= 0.6 is 0 Å². The van der Waals surface area contributed by atoms with Crippen LogP contribution in [0.4, 0.5) is 0 Å². The van der Waals surface area contributed by atoms with Crippen molar-refractivity contribution in [2.45, 2.75) is 59.2 Å². The zero-order valence-corrected chi connectivity index (χ0v) is 18.1. The van der Waals surface area contributed by atoms with Crippen LogP contribution in [0.15, 0.2) is 48.7 Å². The molecule has 0 aliphatic rings. The van der Waals surface area contributed by atoms with Gasteiger partial charge in [-0.2, -0.15) is 0 Å². The van der Waals surface area contributed by atoms with Gasteiger partial charge >= 0.3 is 5.97 Å². The van der Waals surface area contributed by atoms with Gasteiger partial charge in [-0.25, -0.2) is 0 Å². The molecule has 1 aromatic heterocycles. The van der Waals surface area contributed by atoms with E-state index < -0.39 is 6.10 Å². The van der Waals surface area contributed by atoms with E-state index in [2.05, 4.69) is 65.9 Å². The van der Waals surface area contributed by atoms with Gasteiger partial charge in [-0.1, -0.05) is 51.1 Å². The van der Waals surface area contributed by atoms with E-state index in [9.17, 15) is 9.90 Å². The number of aliphatic hydroxyl groups is 1. The van der Waals surface area contributed by atoms with Gasteiger partial charge in [0.15, 0.2) is 0 Å². The summed E-state index contributed by atoms with van der Waals surface area (Å²) in [4.78, 5) is 13.8. The lowest BCUT2D eigenvalue weighted by Crippen LogP contribution is -2.36. The minimum atomic E-state index is -0.680. The molecule has 1 aromatic carbocycles. The van der Waals surface area contributed by atoms with Crippen LogP contribution in [0.25, 0.3) is 0 Å². The van der Waals surface area contributed by atoms with Gasteiger partial charge in [0.2, 0.25) is 0 Å². The molecule has 29 heavy (non-hydrogen) atoms. The van der Waals surface area contributed by atoms with E-state index in [1.807, 2.05) is 13.0 Å². The van der Waals surface area contributed by atoms with Crippen molar-refractivity contribution in [1.82, 2.24) is 9.47 Å². The van der Waals surface area contributed by atoms with Gasteiger partial charge in [0.1, 0.15) is 12.7 Å². The number of hydrogen-bond acceptors (Lipinski definition) is 4. The monoisotopic (exact) mass is 400 g/mol. The predicted molar refractivity (Wildman–Crippen MR) is 117 cm³/mol. The maximum Gasteiger partial charge on any atom is 0.305 e. The average Bonchev–Trinajstić information content (AvgIpc) is 3.12. The Morgan fingerprint density at radius 3 is 2.62 bits per heavy atom. The Kier molecular flexibility index (Phi) is 9.95. The van der Waals surface area contributed by atoms with Crippen LogP contribution < -0.4 is 0 Å². The summed E-state index contributed by atoms with van der Waals surface area (Å²) < 4.78 is 7.44. The molecular formula is C24H36N2O3. The summed E-state index contributed by atoms with van der Waals surface area (Å²) >= 11 is 0. The van der Waals surface area contributed by atoms with E-state index in [1.54, 1.807) is 0 Å². The van der Waals surface area contributed by atoms with E-state index in [-0.39, 0.29) is 12.6 Å². The second kappa shape index (κ2) is 12.5. The molecular weight excluding hydrogens is 364 g/mol. The number of nitrogens with zero attached hydrogens (tertiary/aromatic N) is 2. The number of rotatable bonds is 13. The first kappa shape index (κ1) is 23.2. The minimum absolute atomic E-state index is 0.0576. The van der Waals surface area contributed by atoms with Crippen molar-refractivity contribution in [3.8, 4) is 0 Å². The van der Waals surface area contributed by atoms with E-state index in [4.69, 9.17) is 4.74 Å². The third kappa shape index (κ3) is 8.84. The quantitative estimate of drug-likeness (QED) is 0.515. The van der Waals surface area contributed by atoms with E-state index in [0.717, 1.165) is 32.5 Å². The Hall–Kier alpha value is -2.11. The van der Waals surface area contributed by atoms with Crippen LogP contribution in [0, 0.1) is 5.92 Å². The van der Waals surface area contributed by atoms with Crippen LogP contribution in [0.1, 0.15) is 51.3 Å². The Morgan fingerprint density at radius 1 is 1.17 bits per heavy atom. The first-order valence-electron chi connectivity index (χ1n) is 10.7. The molecule has 0 aliphatic carbocycles. The molecule has 0 radical (unpaired) electrons. The van der Waals surface area contributed by atoms with Gasteiger partial charge in [-0.05, 0) is 43.0 Å². The maximum absolute atomic E-state index is 11.6. The zero-order valence-electron chi connectivity index (χ0n) is 18.1. The molecule has 5 heteroatoms. The number of esters is 1. The minimum Gasteiger partial charge on any atom is -0.463 e. The Bertz CT molecular complexity index is 712. The Labute approximate surface area is 175 Å². The molecule has 2 aromatic rings. The highest BCUT2D eigenvalue weighted by molar-refractivity contribution is 5.69. The average molecular weight is 401 g/mol. The summed E-state index contributed by atoms with van der Waals surface area (Å²) in [5.74, 6) is 0.352. The molecule has 0 unspecified atom stereocenters. The number of aromatic nitrogens is 1. The molecule has 0 spiro atoms. The summed E-state index contributed by atoms with van der Waals surface area (Å²) in [7, 11) is 0. The van der Waals surface area contributed by atoms with E-state index in [0.29, 0.717) is 18.9 Å². The Balaban J connectivity index is 1.97. The lowest BCUT2D eigenvalue weighted by molar-refractivity contribution is -0.147. The fraction of sp³-hybridized carbons (Fsp3) is 0.542. The van der Waals surface area contributed by atoms with Crippen molar-refractivity contribution >= 4 is 5.97 Å². The molecule has 0 bridgehead atoms. The van der Waals surface area contributed by atoms with Crippen molar-refractivity contribution in [2.24, 2.45) is 5.92 Å². The third-order valence-corrected chi connectivity index (χ3v) is 4.89. The molecule has 1 atom stereocenters. The number of carbonyl (C=O) groups excluding carboxylic acids is 1. The van der Waals surface area contributed by atoms with Crippen molar-refractivity contribution < 1.29 is 14.6 Å². The molecule has 0 saturated carbocycles. The van der Waals surface area contributed by atoms with Gasteiger partial charge in [0.25, 0.3) is 0 Å². The number of aliphatic hydroxyl groups excluding tert-OH is 1. The van der Waals surface area contributed by atoms with Gasteiger partial charge < -0.3 is 14.4 Å². The standard InChI is InChI=1S/C24H36N2O3/c1-4-9-24(28)29-19-23(27)18-25(15-13-20(2)3)17-22-12-8-14-26(22)16-21-10-6-5-7-11-21/h5-8,10-12,14,20,23,27H,4,9,13,15-19H2,1-3H3/t23-/m0/s1. The van der Waals surface area contributed by atoms with Gasteiger partial charge in [-0.3, -0.25) is 9.69 Å². The van der Waals surface area contributed by atoms with Gasteiger partial charge in [0.05, 0.1) is 0 Å². The lowest BCUT2D eigenvalue weighted by atomic mass is 10.1. The normalized spacial score (nSPS) is 12.5. The summed E-state index contributed by atoms with van der Waals surface area (Å²) in [5.41, 5.74) is 2.48. The van der Waals surface area contributed by atoms with Crippen LogP contribution in [0.3, 0.4) is 0 Å². The topological polar surface area (TPSA) is 54.7 Å². The highest BCUT2D eigenvalue weighted by Crippen LogP contribution is 2.13. The summed E-state index contributed by atoms with van der Waals surface area (Å²) in [5, 5.41) is 10.4. The van der Waals surface area contributed by atoms with E-state index >= 15 is 0 Å². The van der Waals surface area contributed by atoms with Crippen molar-refractivity contribution in [2.75, 3.05) is 19.7 Å². The van der Waals surface area contributed by atoms with Crippen molar-refractivity contribution in [1.29, 1.82) is 0 Å². The number of benzene rings is 1. The van der Waals surface area contributed by atoms with Crippen LogP contribution in [-0.2, 0) is 22.6 Å². The molecule has 0 saturated heterocycles. The fourth-order valence-corrected chi connectivity index (χ4v) is 3.25. The summed E-state index contributed by atoms with van der Waals surface area (Å²) in [6.45, 7) is 9.39. The van der Waals surface area contributed by atoms with Crippen molar-refractivity contribution in [3.05, 3.63) is 59.9 Å². The molecule has 5 nitrogen and oxygen atoms in total. The third-order valence-electron chi connectivity index (χ3n) is 4.89. The first-order valence-corrected chi connectivity index (χ1v) is 10.7. The molecule has 160 valence electrons. The number of hydrogen-bond donors (Lipinski definition) is 1. The second-order valence-electron chi connectivity index (χ2n) is 8.12. The zero-order chi connectivity index (χ0) is 21.1. The molecule has 2 rings (SSSR count). The molecule has 0 fully saturated rings. The van der Waals surface area contributed by atoms with Crippen molar-refractivity contribution in [3.63, 3.8) is 0 Å². The number of carbonyl (C=O) groups is 1. The molecule has 0 amide bonds. The second-order valence-corrected chi connectivity index (χ2v) is 8.12. The smallest absolute Gasteiger partial charge is 0.305 e. The highest BCUT2D eigenvalue weighted by atomic mass is 16.5. The van der Waals surface area contributed by atoms with Crippen LogP contribution in [0.2, 0.25) is 0 Å². The largest absolute Gasteiger partial charge is 0.463 e. The summed E-state index contributed by atoms with van der Waals surface area (Å²) in [6.07, 6.45) is 3.64. The van der Waals surface area contributed by atoms with Crippen LogP contribution in [-0.4, -0.2) is 46.3 Å². The predicted octanol–water partition coefficient (Wildman–Crippen LogP) is 4.09. The molecule has 1 heterocycles. The van der Waals surface area contributed by atoms with Gasteiger partial charge in [0, 0.05) is 37.9 Å². The fourth-order valence-electron chi connectivity index (χ4n) is 3.25. The number of ether oxygens (including phenoxy) is 1. The first-order chi connectivity index (χ1) is 14.0. The highest BCUT2D eigenvalue weighted by Gasteiger charge is 2.16. The summed E-state index contributed by atoms with van der Waals surface area (Å²) in [6, 6.07) is 14.6. The Morgan fingerprint density at radius 2 is 1.93 bits per heavy atom. The van der Waals surface area contributed by atoms with Gasteiger partial charge in [-0.15, -0.1) is 0 Å². The molecule has 1 N–H and O–H groups in total. The maximum atomic E-state index is 11.6. The SMILES string of the molecule is CCCC(=O)OC[C@@H](O)CN(CCC(C)C)Cc1cccn1Cc1ccccc1. The van der Waals surface area contributed by atoms with E-state index in [1.165, 1.54) is 11.3 Å². The lowest BCUT2D eigenvalue weighted by Gasteiger charge is -2.26. The van der Waals surface area contributed by atoms with Crippen LogP contribution in [0.5, 0.6) is 0 Å². The molecule has 0 aliphatic heterocycles.